The highest BCUT2D eigenvalue weighted by atomic mass is 19.1. The minimum atomic E-state index is -0.747. The number of hydrogen-bond donors (Lipinski definition) is 2. The summed E-state index contributed by atoms with van der Waals surface area (Å²) in [4.78, 5) is 28.4. The Kier molecular flexibility index (Phi) is 7.35. The molecule has 0 aromatic heterocycles. The second-order valence-electron chi connectivity index (χ2n) is 8.47. The van der Waals surface area contributed by atoms with Gasteiger partial charge >= 0.3 is 6.03 Å². The zero-order valence-electron chi connectivity index (χ0n) is 17.0. The topological polar surface area (TPSA) is 64.7 Å². The molecule has 0 radical (unpaired) electrons. The lowest BCUT2D eigenvalue weighted by Crippen LogP contribution is -2.46. The molecule has 1 aromatic rings. The van der Waals surface area contributed by atoms with Crippen LogP contribution in [-0.4, -0.2) is 62.0 Å². The summed E-state index contributed by atoms with van der Waals surface area (Å²) in [7, 11) is 4.01. The summed E-state index contributed by atoms with van der Waals surface area (Å²) in [5, 5.41) is 5.53. The zero-order chi connectivity index (χ0) is 20.9. The molecule has 0 unspecified atom stereocenters. The number of urea groups is 1. The second-order valence-corrected chi connectivity index (χ2v) is 8.47. The van der Waals surface area contributed by atoms with Crippen molar-refractivity contribution in [1.29, 1.82) is 0 Å². The predicted octanol–water partition coefficient (Wildman–Crippen LogP) is 2.91. The number of likely N-dealkylation sites (tertiary alicyclic amines) is 1. The normalized spacial score (nSPS) is 15.6. The number of piperidine rings is 1. The first-order valence-corrected chi connectivity index (χ1v) is 9.50. The number of nitrogens with zero attached hydrogens (tertiary/aromatic N) is 2. The molecule has 3 amide bonds. The van der Waals surface area contributed by atoms with Crippen molar-refractivity contribution in [3.8, 4) is 0 Å². The van der Waals surface area contributed by atoms with E-state index in [0.717, 1.165) is 24.7 Å². The lowest BCUT2D eigenvalue weighted by Gasteiger charge is -2.33. The number of halogens is 2. The van der Waals surface area contributed by atoms with Crippen molar-refractivity contribution in [1.82, 2.24) is 15.1 Å². The Morgan fingerprint density at radius 1 is 1.14 bits per heavy atom. The van der Waals surface area contributed by atoms with Crippen LogP contribution in [0.2, 0.25) is 0 Å². The number of anilines is 1. The molecule has 2 N–H and O–H groups in total. The first-order valence-electron chi connectivity index (χ1n) is 9.50. The van der Waals surface area contributed by atoms with E-state index in [0.29, 0.717) is 32.5 Å². The molecule has 2 rings (SSSR count). The third kappa shape index (κ3) is 6.74. The van der Waals surface area contributed by atoms with Gasteiger partial charge in [0, 0.05) is 43.9 Å². The third-order valence-electron chi connectivity index (χ3n) is 4.75. The van der Waals surface area contributed by atoms with Gasteiger partial charge in [0.15, 0.2) is 0 Å². The molecule has 1 aliphatic rings. The second kappa shape index (κ2) is 9.32. The van der Waals surface area contributed by atoms with E-state index in [1.165, 1.54) is 0 Å². The average molecular weight is 396 g/mol. The zero-order valence-corrected chi connectivity index (χ0v) is 17.0. The Morgan fingerprint density at radius 2 is 1.71 bits per heavy atom. The van der Waals surface area contributed by atoms with Gasteiger partial charge in [-0.15, -0.1) is 0 Å². The Morgan fingerprint density at radius 3 is 2.25 bits per heavy atom. The molecule has 1 saturated heterocycles. The lowest BCUT2D eigenvalue weighted by atomic mass is 9.91. The summed E-state index contributed by atoms with van der Waals surface area (Å²) in [6.07, 6.45) is 1.12. The van der Waals surface area contributed by atoms with E-state index in [2.05, 4.69) is 29.4 Å². The first kappa shape index (κ1) is 22.1. The summed E-state index contributed by atoms with van der Waals surface area (Å²) < 4.78 is 26.5. The van der Waals surface area contributed by atoms with Gasteiger partial charge in [0.05, 0.1) is 0 Å². The summed E-state index contributed by atoms with van der Waals surface area (Å²) in [5.41, 5.74) is 0.0467. The molecule has 156 valence electrons. The Balaban J connectivity index is 1.80. The highest BCUT2D eigenvalue weighted by Crippen LogP contribution is 2.20. The Labute approximate surface area is 165 Å². The van der Waals surface area contributed by atoms with Gasteiger partial charge in [-0.1, -0.05) is 13.8 Å². The van der Waals surface area contributed by atoms with E-state index in [9.17, 15) is 18.4 Å². The van der Waals surface area contributed by atoms with E-state index in [1.807, 2.05) is 14.1 Å². The molecule has 1 heterocycles. The van der Waals surface area contributed by atoms with Crippen molar-refractivity contribution in [2.45, 2.75) is 26.7 Å². The lowest BCUT2D eigenvalue weighted by molar-refractivity contribution is -0.126. The number of nitrogens with one attached hydrogen (secondary N) is 2. The summed E-state index contributed by atoms with van der Waals surface area (Å²) in [5.74, 6) is -1.62. The molecule has 1 fully saturated rings. The molecular formula is C20H30F2N4O2. The molecule has 6 nitrogen and oxygen atoms in total. The maximum Gasteiger partial charge on any atom is 0.321 e. The quantitative estimate of drug-likeness (QED) is 0.777. The fourth-order valence-electron chi connectivity index (χ4n) is 3.56. The molecule has 0 saturated carbocycles. The molecular weight excluding hydrogens is 366 g/mol. The van der Waals surface area contributed by atoms with Gasteiger partial charge in [-0.05, 0) is 44.5 Å². The van der Waals surface area contributed by atoms with Gasteiger partial charge in [0.1, 0.15) is 11.6 Å². The largest absolute Gasteiger partial charge is 0.355 e. The van der Waals surface area contributed by atoms with Gasteiger partial charge in [0.25, 0.3) is 0 Å². The van der Waals surface area contributed by atoms with Crippen LogP contribution >= 0.6 is 0 Å². The van der Waals surface area contributed by atoms with Crippen LogP contribution in [0, 0.1) is 23.0 Å². The van der Waals surface area contributed by atoms with Gasteiger partial charge in [-0.3, -0.25) is 4.79 Å². The Bertz CT molecular complexity index is 681. The number of hydrogen-bond acceptors (Lipinski definition) is 3. The van der Waals surface area contributed by atoms with Crippen LogP contribution in [-0.2, 0) is 4.79 Å². The third-order valence-corrected chi connectivity index (χ3v) is 4.75. The smallest absolute Gasteiger partial charge is 0.321 e. The molecule has 28 heavy (non-hydrogen) atoms. The fraction of sp³-hybridized carbons (Fsp3) is 0.600. The molecule has 1 aromatic carbocycles. The molecule has 0 spiro atoms. The summed E-state index contributed by atoms with van der Waals surface area (Å²) in [6, 6.07) is 2.46. The number of rotatable bonds is 6. The predicted molar refractivity (Wildman–Crippen MR) is 105 cm³/mol. The van der Waals surface area contributed by atoms with Crippen molar-refractivity contribution in [2.75, 3.05) is 45.6 Å². The van der Waals surface area contributed by atoms with Gasteiger partial charge < -0.3 is 20.4 Å². The van der Waals surface area contributed by atoms with E-state index in [4.69, 9.17) is 0 Å². The minimum absolute atomic E-state index is 0.0130. The molecule has 0 aliphatic carbocycles. The van der Waals surface area contributed by atoms with Crippen LogP contribution in [0.3, 0.4) is 0 Å². The molecule has 8 heteroatoms. The fourth-order valence-corrected chi connectivity index (χ4v) is 3.56. The van der Waals surface area contributed by atoms with Crippen molar-refractivity contribution in [2.24, 2.45) is 11.3 Å². The standard InChI is InChI=1S/C20H30F2N4O2/c1-20(2,13-25(3)4)12-23-18(27)14-5-7-26(8-6-14)19(28)24-17-10-15(21)9-16(22)11-17/h9-11,14H,5-8,12-13H2,1-4H3,(H,23,27)(H,24,28). The maximum absolute atomic E-state index is 13.2. The number of carbonyl (C=O) groups is 2. The van der Waals surface area contributed by atoms with Crippen molar-refractivity contribution < 1.29 is 18.4 Å². The van der Waals surface area contributed by atoms with Crippen LogP contribution in [0.5, 0.6) is 0 Å². The van der Waals surface area contributed by atoms with E-state index in [1.54, 1.807) is 4.90 Å². The SMILES string of the molecule is CN(C)CC(C)(C)CNC(=O)C1CCN(C(=O)Nc2cc(F)cc(F)c2)CC1. The average Bonchev–Trinajstić information content (AvgIpc) is 2.58. The van der Waals surface area contributed by atoms with Crippen LogP contribution in [0.4, 0.5) is 19.3 Å². The van der Waals surface area contributed by atoms with Gasteiger partial charge in [0.2, 0.25) is 5.91 Å². The summed E-state index contributed by atoms with van der Waals surface area (Å²) in [6.45, 7) is 6.51. The number of amides is 3. The minimum Gasteiger partial charge on any atom is -0.355 e. The van der Waals surface area contributed by atoms with Crippen LogP contribution in [0.1, 0.15) is 26.7 Å². The van der Waals surface area contributed by atoms with Crippen molar-refractivity contribution in [3.05, 3.63) is 29.8 Å². The molecule has 0 atom stereocenters. The highest BCUT2D eigenvalue weighted by Gasteiger charge is 2.29. The number of carbonyl (C=O) groups excluding carboxylic acids is 2. The first-order chi connectivity index (χ1) is 13.1. The van der Waals surface area contributed by atoms with E-state index in [-0.39, 0.29) is 22.9 Å². The van der Waals surface area contributed by atoms with E-state index < -0.39 is 17.7 Å². The van der Waals surface area contributed by atoms with Crippen LogP contribution < -0.4 is 10.6 Å². The van der Waals surface area contributed by atoms with Gasteiger partial charge in [-0.2, -0.15) is 0 Å². The van der Waals surface area contributed by atoms with E-state index >= 15 is 0 Å². The monoisotopic (exact) mass is 396 g/mol. The Hall–Kier alpha value is -2.22. The van der Waals surface area contributed by atoms with Gasteiger partial charge in [-0.25, -0.2) is 13.6 Å². The molecule has 1 aliphatic heterocycles. The summed E-state index contributed by atoms with van der Waals surface area (Å²) >= 11 is 0. The van der Waals surface area contributed by atoms with Crippen molar-refractivity contribution in [3.63, 3.8) is 0 Å². The highest BCUT2D eigenvalue weighted by molar-refractivity contribution is 5.89. The number of benzene rings is 1. The van der Waals surface area contributed by atoms with Crippen molar-refractivity contribution >= 4 is 17.6 Å². The van der Waals surface area contributed by atoms with Crippen LogP contribution in [0.25, 0.3) is 0 Å². The van der Waals surface area contributed by atoms with Crippen LogP contribution in [0.15, 0.2) is 18.2 Å². The maximum atomic E-state index is 13.2. The molecule has 0 bridgehead atoms.